The van der Waals surface area contributed by atoms with Crippen molar-refractivity contribution in [3.8, 4) is 11.5 Å². The van der Waals surface area contributed by atoms with Crippen molar-refractivity contribution in [2.75, 3.05) is 0 Å². The Labute approximate surface area is 161 Å². The molecule has 1 amide bonds. The van der Waals surface area contributed by atoms with Crippen LogP contribution in [0.15, 0.2) is 42.5 Å². The zero-order valence-corrected chi connectivity index (χ0v) is 16.8. The Kier molecular flexibility index (Phi) is 5.45. The maximum atomic E-state index is 12.8. The number of rotatable bonds is 5. The van der Waals surface area contributed by atoms with E-state index in [9.17, 15) is 4.79 Å². The molecule has 0 saturated carbocycles. The van der Waals surface area contributed by atoms with Crippen molar-refractivity contribution in [3.05, 3.63) is 59.2 Å². The Morgan fingerprint density at radius 2 is 2.04 bits per heavy atom. The van der Waals surface area contributed by atoms with Crippen LogP contribution in [0.1, 0.15) is 56.8 Å². The standard InChI is InChI=1S/C23H29NO3/c1-6-17-9-7-8-10-20(17)26-16(3)22(25)24-19-14-23(4,5)27-21-12-11-15(2)13-18(19)21/h7-13,16,19H,6,14H2,1-5H3,(H,24,25)/t16-,19+/m0/s1. The minimum Gasteiger partial charge on any atom is -0.487 e. The quantitative estimate of drug-likeness (QED) is 0.830. The van der Waals surface area contributed by atoms with Gasteiger partial charge in [0, 0.05) is 12.0 Å². The molecule has 4 nitrogen and oxygen atoms in total. The Morgan fingerprint density at radius 1 is 1.30 bits per heavy atom. The number of aryl methyl sites for hydroxylation is 2. The lowest BCUT2D eigenvalue weighted by Gasteiger charge is -2.38. The second-order valence-corrected chi connectivity index (χ2v) is 7.89. The summed E-state index contributed by atoms with van der Waals surface area (Å²) >= 11 is 0. The number of carbonyl (C=O) groups excluding carboxylic acids is 1. The lowest BCUT2D eigenvalue weighted by atomic mass is 9.89. The van der Waals surface area contributed by atoms with E-state index in [2.05, 4.69) is 18.3 Å². The Morgan fingerprint density at radius 3 is 2.78 bits per heavy atom. The number of hydrogen-bond donors (Lipinski definition) is 1. The highest BCUT2D eigenvalue weighted by atomic mass is 16.5. The van der Waals surface area contributed by atoms with Crippen LogP contribution in [0, 0.1) is 6.92 Å². The van der Waals surface area contributed by atoms with Crippen LogP contribution in [0.3, 0.4) is 0 Å². The Hall–Kier alpha value is -2.49. The van der Waals surface area contributed by atoms with Gasteiger partial charge in [0.1, 0.15) is 17.1 Å². The van der Waals surface area contributed by atoms with E-state index in [4.69, 9.17) is 9.47 Å². The number of hydrogen-bond acceptors (Lipinski definition) is 3. The molecule has 2 atom stereocenters. The third-order valence-electron chi connectivity index (χ3n) is 4.97. The molecule has 3 rings (SSSR count). The molecule has 1 aliphatic rings. The molecule has 1 heterocycles. The van der Waals surface area contributed by atoms with Crippen LogP contribution in [0.2, 0.25) is 0 Å². The number of fused-ring (bicyclic) bond motifs is 1. The van der Waals surface area contributed by atoms with Crippen molar-refractivity contribution >= 4 is 5.91 Å². The van der Waals surface area contributed by atoms with E-state index in [1.807, 2.05) is 57.2 Å². The first kappa shape index (κ1) is 19.3. The Bertz CT molecular complexity index is 828. The number of ether oxygens (including phenoxy) is 2. The molecule has 4 heteroatoms. The average molecular weight is 367 g/mol. The molecule has 2 aromatic carbocycles. The van der Waals surface area contributed by atoms with Gasteiger partial charge in [0.25, 0.3) is 5.91 Å². The smallest absolute Gasteiger partial charge is 0.261 e. The van der Waals surface area contributed by atoms with Crippen LogP contribution in [0.5, 0.6) is 11.5 Å². The highest BCUT2D eigenvalue weighted by Gasteiger charge is 2.35. The van der Waals surface area contributed by atoms with Gasteiger partial charge in [0.15, 0.2) is 6.10 Å². The maximum absolute atomic E-state index is 12.8. The van der Waals surface area contributed by atoms with Crippen molar-refractivity contribution in [2.45, 2.75) is 65.2 Å². The van der Waals surface area contributed by atoms with Gasteiger partial charge in [-0.1, -0.05) is 42.8 Å². The highest BCUT2D eigenvalue weighted by Crippen LogP contribution is 2.39. The van der Waals surface area contributed by atoms with Crippen LogP contribution in [-0.4, -0.2) is 17.6 Å². The molecule has 0 aliphatic carbocycles. The largest absolute Gasteiger partial charge is 0.487 e. The first-order chi connectivity index (χ1) is 12.8. The second-order valence-electron chi connectivity index (χ2n) is 7.89. The predicted molar refractivity (Wildman–Crippen MR) is 107 cm³/mol. The summed E-state index contributed by atoms with van der Waals surface area (Å²) in [6.45, 7) is 10.0. The molecule has 27 heavy (non-hydrogen) atoms. The molecule has 0 spiro atoms. The van der Waals surface area contributed by atoms with Crippen molar-refractivity contribution in [3.63, 3.8) is 0 Å². The van der Waals surface area contributed by atoms with E-state index < -0.39 is 6.10 Å². The first-order valence-corrected chi connectivity index (χ1v) is 9.63. The lowest BCUT2D eigenvalue weighted by Crippen LogP contribution is -2.44. The summed E-state index contributed by atoms with van der Waals surface area (Å²) in [4.78, 5) is 12.8. The zero-order chi connectivity index (χ0) is 19.6. The fourth-order valence-electron chi connectivity index (χ4n) is 3.55. The summed E-state index contributed by atoms with van der Waals surface area (Å²) in [6, 6.07) is 13.9. The number of carbonyl (C=O) groups is 1. The van der Waals surface area contributed by atoms with Gasteiger partial charge in [0.2, 0.25) is 0 Å². The molecule has 0 bridgehead atoms. The van der Waals surface area contributed by atoms with Gasteiger partial charge in [-0.25, -0.2) is 0 Å². The van der Waals surface area contributed by atoms with Gasteiger partial charge in [-0.3, -0.25) is 4.79 Å². The minimum atomic E-state index is -0.572. The Balaban J connectivity index is 1.76. The van der Waals surface area contributed by atoms with Gasteiger partial charge in [-0.15, -0.1) is 0 Å². The molecule has 0 radical (unpaired) electrons. The van der Waals surface area contributed by atoms with Gasteiger partial charge < -0.3 is 14.8 Å². The molecule has 0 fully saturated rings. The third-order valence-corrected chi connectivity index (χ3v) is 4.97. The molecular formula is C23H29NO3. The highest BCUT2D eigenvalue weighted by molar-refractivity contribution is 5.81. The van der Waals surface area contributed by atoms with Crippen LogP contribution < -0.4 is 14.8 Å². The topological polar surface area (TPSA) is 47.6 Å². The summed E-state index contributed by atoms with van der Waals surface area (Å²) < 4.78 is 12.1. The summed E-state index contributed by atoms with van der Waals surface area (Å²) in [5, 5.41) is 3.17. The van der Waals surface area contributed by atoms with Gasteiger partial charge in [-0.05, 0) is 51.8 Å². The van der Waals surface area contributed by atoms with E-state index in [1.165, 1.54) is 0 Å². The monoisotopic (exact) mass is 367 g/mol. The maximum Gasteiger partial charge on any atom is 0.261 e. The van der Waals surface area contributed by atoms with E-state index in [0.717, 1.165) is 34.6 Å². The van der Waals surface area contributed by atoms with Crippen LogP contribution >= 0.6 is 0 Å². The predicted octanol–water partition coefficient (Wildman–Crippen LogP) is 4.74. The van der Waals surface area contributed by atoms with Crippen molar-refractivity contribution in [1.82, 2.24) is 5.32 Å². The van der Waals surface area contributed by atoms with E-state index >= 15 is 0 Å². The van der Waals surface area contributed by atoms with E-state index in [0.29, 0.717) is 6.42 Å². The molecule has 144 valence electrons. The fourth-order valence-corrected chi connectivity index (χ4v) is 3.55. The molecule has 0 aromatic heterocycles. The number of benzene rings is 2. The molecule has 1 N–H and O–H groups in total. The summed E-state index contributed by atoms with van der Waals surface area (Å²) in [7, 11) is 0. The van der Waals surface area contributed by atoms with Crippen molar-refractivity contribution < 1.29 is 14.3 Å². The van der Waals surface area contributed by atoms with Crippen LogP contribution in [-0.2, 0) is 11.2 Å². The minimum absolute atomic E-state index is 0.0939. The number of para-hydroxylation sites is 1. The summed E-state index contributed by atoms with van der Waals surface area (Å²) in [5.41, 5.74) is 2.95. The van der Waals surface area contributed by atoms with Crippen LogP contribution in [0.25, 0.3) is 0 Å². The van der Waals surface area contributed by atoms with Gasteiger partial charge >= 0.3 is 0 Å². The molecular weight excluding hydrogens is 338 g/mol. The zero-order valence-electron chi connectivity index (χ0n) is 16.8. The SMILES string of the molecule is CCc1ccccc1O[C@@H](C)C(=O)N[C@@H]1CC(C)(C)Oc2ccc(C)cc21. The third kappa shape index (κ3) is 4.44. The number of amides is 1. The molecule has 0 saturated heterocycles. The first-order valence-electron chi connectivity index (χ1n) is 9.63. The van der Waals surface area contributed by atoms with E-state index in [1.54, 1.807) is 6.92 Å². The fraction of sp³-hybridized carbons (Fsp3) is 0.435. The average Bonchev–Trinajstić information content (AvgIpc) is 2.62. The summed E-state index contributed by atoms with van der Waals surface area (Å²) in [6.07, 6.45) is 1.01. The van der Waals surface area contributed by atoms with E-state index in [-0.39, 0.29) is 17.6 Å². The second kappa shape index (κ2) is 7.63. The van der Waals surface area contributed by atoms with Crippen molar-refractivity contribution in [1.29, 1.82) is 0 Å². The van der Waals surface area contributed by atoms with Gasteiger partial charge in [-0.2, -0.15) is 0 Å². The molecule has 2 aromatic rings. The lowest BCUT2D eigenvalue weighted by molar-refractivity contribution is -0.128. The van der Waals surface area contributed by atoms with Crippen LogP contribution in [0.4, 0.5) is 0 Å². The number of nitrogens with one attached hydrogen (secondary N) is 1. The summed E-state index contributed by atoms with van der Waals surface area (Å²) in [5.74, 6) is 1.49. The van der Waals surface area contributed by atoms with Crippen molar-refractivity contribution in [2.24, 2.45) is 0 Å². The van der Waals surface area contributed by atoms with Gasteiger partial charge in [0.05, 0.1) is 6.04 Å². The molecule has 1 aliphatic heterocycles. The molecule has 0 unspecified atom stereocenters. The normalized spacial score (nSPS) is 18.8.